The van der Waals surface area contributed by atoms with Crippen molar-refractivity contribution in [2.24, 2.45) is 0 Å². The molecule has 0 saturated heterocycles. The van der Waals surface area contributed by atoms with Gasteiger partial charge in [0.2, 0.25) is 6.79 Å². The summed E-state index contributed by atoms with van der Waals surface area (Å²) in [6.07, 6.45) is 1.78. The molecule has 9 heteroatoms. The molecular formula is C25H19IN2O6. The second-order valence-electron chi connectivity index (χ2n) is 7.21. The first-order valence-corrected chi connectivity index (χ1v) is 11.4. The van der Waals surface area contributed by atoms with Crippen molar-refractivity contribution in [2.75, 3.05) is 13.4 Å². The monoisotopic (exact) mass is 570 g/mol. The number of fused-ring (bicyclic) bond motifs is 1. The number of halogens is 1. The van der Waals surface area contributed by atoms with Crippen molar-refractivity contribution in [3.05, 3.63) is 85.0 Å². The summed E-state index contributed by atoms with van der Waals surface area (Å²) in [4.78, 5) is 10.4. The van der Waals surface area contributed by atoms with E-state index in [1.807, 2.05) is 25.1 Å². The highest BCUT2D eigenvalue weighted by Gasteiger charge is 2.16. The maximum Gasteiger partial charge on any atom is 0.269 e. The summed E-state index contributed by atoms with van der Waals surface area (Å²) < 4.78 is 23.4. The van der Waals surface area contributed by atoms with Gasteiger partial charge in [0.1, 0.15) is 6.61 Å². The van der Waals surface area contributed by atoms with Gasteiger partial charge >= 0.3 is 0 Å². The van der Waals surface area contributed by atoms with Crippen LogP contribution in [0.3, 0.4) is 0 Å². The number of benzene rings is 3. The minimum absolute atomic E-state index is 0.0280. The van der Waals surface area contributed by atoms with Gasteiger partial charge in [-0.3, -0.25) is 10.1 Å². The highest BCUT2D eigenvalue weighted by Crippen LogP contribution is 2.37. The van der Waals surface area contributed by atoms with Crippen LogP contribution in [0.1, 0.15) is 23.6 Å². The van der Waals surface area contributed by atoms with Crippen molar-refractivity contribution < 1.29 is 23.9 Å². The lowest BCUT2D eigenvalue weighted by molar-refractivity contribution is -0.384. The number of rotatable bonds is 8. The second-order valence-corrected chi connectivity index (χ2v) is 8.38. The third-order valence-electron chi connectivity index (χ3n) is 4.98. The summed E-state index contributed by atoms with van der Waals surface area (Å²) in [5.41, 5.74) is 2.79. The van der Waals surface area contributed by atoms with Gasteiger partial charge in [0.05, 0.1) is 26.7 Å². The minimum atomic E-state index is -0.438. The maximum absolute atomic E-state index is 10.8. The first-order chi connectivity index (χ1) is 16.5. The standard InChI is InChI=1S/C25H19IN2O6/c1-2-31-24-11-17(9-19(13-27)18-5-8-22-23(12-18)34-15-33-22)10-21(26)25(24)32-14-16-3-6-20(7-4-16)28(29)30/h3-12H,2,14-15H2,1H3/b19-9-. The van der Waals surface area contributed by atoms with Crippen LogP contribution in [-0.2, 0) is 6.61 Å². The molecule has 172 valence electrons. The van der Waals surface area contributed by atoms with Crippen LogP contribution in [0.4, 0.5) is 5.69 Å². The van der Waals surface area contributed by atoms with E-state index in [2.05, 4.69) is 28.7 Å². The van der Waals surface area contributed by atoms with E-state index in [9.17, 15) is 15.4 Å². The van der Waals surface area contributed by atoms with Crippen LogP contribution in [0.5, 0.6) is 23.0 Å². The Bertz CT molecular complexity index is 1300. The summed E-state index contributed by atoms with van der Waals surface area (Å²) in [6, 6.07) is 17.6. The first kappa shape index (κ1) is 23.4. The summed E-state index contributed by atoms with van der Waals surface area (Å²) in [5, 5.41) is 20.6. The van der Waals surface area contributed by atoms with Crippen LogP contribution in [0.15, 0.2) is 54.6 Å². The smallest absolute Gasteiger partial charge is 0.269 e. The molecule has 0 fully saturated rings. The molecule has 3 aromatic rings. The fourth-order valence-electron chi connectivity index (χ4n) is 3.35. The molecule has 0 spiro atoms. The van der Waals surface area contributed by atoms with Crippen LogP contribution in [0, 0.1) is 25.0 Å². The van der Waals surface area contributed by atoms with Crippen molar-refractivity contribution in [3.8, 4) is 29.1 Å². The molecule has 0 amide bonds. The summed E-state index contributed by atoms with van der Waals surface area (Å²) >= 11 is 2.16. The molecule has 4 rings (SSSR count). The van der Waals surface area contributed by atoms with Gasteiger partial charge in [-0.15, -0.1) is 0 Å². The Balaban J connectivity index is 1.59. The van der Waals surface area contributed by atoms with Gasteiger partial charge < -0.3 is 18.9 Å². The Morgan fingerprint density at radius 1 is 1.15 bits per heavy atom. The molecule has 3 aromatic carbocycles. The van der Waals surface area contributed by atoms with E-state index >= 15 is 0 Å². The number of allylic oxidation sites excluding steroid dienone is 1. The number of non-ortho nitro benzene ring substituents is 1. The minimum Gasteiger partial charge on any atom is -0.490 e. The highest BCUT2D eigenvalue weighted by molar-refractivity contribution is 14.1. The molecule has 0 radical (unpaired) electrons. The Morgan fingerprint density at radius 2 is 1.91 bits per heavy atom. The fourth-order valence-corrected chi connectivity index (χ4v) is 4.14. The van der Waals surface area contributed by atoms with Crippen LogP contribution in [0.25, 0.3) is 11.6 Å². The van der Waals surface area contributed by atoms with Gasteiger partial charge in [0.15, 0.2) is 23.0 Å². The van der Waals surface area contributed by atoms with Crippen LogP contribution < -0.4 is 18.9 Å². The highest BCUT2D eigenvalue weighted by atomic mass is 127. The predicted molar refractivity (Wildman–Crippen MR) is 134 cm³/mol. The van der Waals surface area contributed by atoms with Crippen molar-refractivity contribution in [2.45, 2.75) is 13.5 Å². The molecular weight excluding hydrogens is 551 g/mol. The average Bonchev–Trinajstić information content (AvgIpc) is 3.30. The molecule has 0 unspecified atom stereocenters. The number of ether oxygens (including phenoxy) is 4. The molecule has 8 nitrogen and oxygen atoms in total. The summed E-state index contributed by atoms with van der Waals surface area (Å²) in [6.45, 7) is 2.71. The van der Waals surface area contributed by atoms with E-state index in [1.54, 1.807) is 30.3 Å². The zero-order chi connectivity index (χ0) is 24.1. The van der Waals surface area contributed by atoms with E-state index in [4.69, 9.17) is 18.9 Å². The quantitative estimate of drug-likeness (QED) is 0.108. The lowest BCUT2D eigenvalue weighted by Crippen LogP contribution is -2.02. The Hall–Kier alpha value is -3.78. The molecule has 0 aromatic heterocycles. The number of nitro benzene ring substituents is 1. The second kappa shape index (κ2) is 10.4. The van der Waals surface area contributed by atoms with E-state index in [-0.39, 0.29) is 19.1 Å². The van der Waals surface area contributed by atoms with Gasteiger partial charge in [-0.25, -0.2) is 0 Å². The lowest BCUT2D eigenvalue weighted by atomic mass is 10.0. The van der Waals surface area contributed by atoms with Gasteiger partial charge in [0.25, 0.3) is 5.69 Å². The van der Waals surface area contributed by atoms with Crippen LogP contribution in [0.2, 0.25) is 0 Å². The molecule has 1 heterocycles. The number of hydrogen-bond donors (Lipinski definition) is 0. The molecule has 0 N–H and O–H groups in total. The number of nitrogens with zero attached hydrogens (tertiary/aromatic N) is 2. The molecule has 1 aliphatic heterocycles. The third kappa shape index (κ3) is 5.23. The SMILES string of the molecule is CCOc1cc(/C=C(/C#N)c2ccc3c(c2)OCO3)cc(I)c1OCc1ccc([N+](=O)[O-])cc1. The summed E-state index contributed by atoms with van der Waals surface area (Å²) in [5.74, 6) is 2.38. The van der Waals surface area contributed by atoms with E-state index < -0.39 is 4.92 Å². The van der Waals surface area contributed by atoms with Crippen molar-refractivity contribution in [1.82, 2.24) is 0 Å². The van der Waals surface area contributed by atoms with E-state index in [0.29, 0.717) is 35.2 Å². The number of nitriles is 1. The Morgan fingerprint density at radius 3 is 2.62 bits per heavy atom. The van der Waals surface area contributed by atoms with E-state index in [1.165, 1.54) is 12.1 Å². The zero-order valence-corrected chi connectivity index (χ0v) is 20.3. The van der Waals surface area contributed by atoms with Crippen molar-refractivity contribution in [3.63, 3.8) is 0 Å². The average molecular weight is 570 g/mol. The lowest BCUT2D eigenvalue weighted by Gasteiger charge is -2.15. The van der Waals surface area contributed by atoms with Gasteiger partial charge in [-0.05, 0) is 94.7 Å². The van der Waals surface area contributed by atoms with Crippen molar-refractivity contribution in [1.29, 1.82) is 5.26 Å². The predicted octanol–water partition coefficient (Wildman–Crippen LogP) is 5.97. The molecule has 34 heavy (non-hydrogen) atoms. The third-order valence-corrected chi connectivity index (χ3v) is 5.78. The van der Waals surface area contributed by atoms with E-state index in [0.717, 1.165) is 20.3 Å². The molecule has 0 atom stereocenters. The maximum atomic E-state index is 10.8. The topological polar surface area (TPSA) is 104 Å². The normalized spacial score (nSPS) is 12.2. The molecule has 0 aliphatic carbocycles. The van der Waals surface area contributed by atoms with Crippen LogP contribution >= 0.6 is 22.6 Å². The van der Waals surface area contributed by atoms with Gasteiger partial charge in [-0.2, -0.15) is 5.26 Å². The fraction of sp³-hybridized carbons (Fsp3) is 0.160. The molecule has 0 bridgehead atoms. The zero-order valence-electron chi connectivity index (χ0n) is 18.1. The molecule has 0 saturated carbocycles. The Kier molecular flexibility index (Phi) is 7.18. The Labute approximate surface area is 209 Å². The first-order valence-electron chi connectivity index (χ1n) is 10.3. The van der Waals surface area contributed by atoms with Crippen molar-refractivity contribution >= 4 is 39.9 Å². The number of hydrogen-bond acceptors (Lipinski definition) is 7. The summed E-state index contributed by atoms with van der Waals surface area (Å²) in [7, 11) is 0. The largest absolute Gasteiger partial charge is 0.490 e. The van der Waals surface area contributed by atoms with Crippen LogP contribution in [-0.4, -0.2) is 18.3 Å². The number of nitro groups is 1. The van der Waals surface area contributed by atoms with Gasteiger partial charge in [-0.1, -0.05) is 0 Å². The molecule has 1 aliphatic rings. The van der Waals surface area contributed by atoms with Gasteiger partial charge in [0, 0.05) is 12.1 Å².